The van der Waals surface area contributed by atoms with E-state index in [2.05, 4.69) is 0 Å². The van der Waals surface area contributed by atoms with Gasteiger partial charge in [0.1, 0.15) is 11.9 Å². The van der Waals surface area contributed by atoms with E-state index in [0.717, 1.165) is 6.42 Å². The zero-order chi connectivity index (χ0) is 18.1. The molecule has 0 spiro atoms. The number of benzene rings is 1. The molecule has 5 nitrogen and oxygen atoms in total. The second-order valence-electron chi connectivity index (χ2n) is 6.09. The van der Waals surface area contributed by atoms with Gasteiger partial charge < -0.3 is 9.47 Å². The molecule has 1 unspecified atom stereocenters. The highest BCUT2D eigenvalue weighted by atomic mass is 16.5. The van der Waals surface area contributed by atoms with Gasteiger partial charge in [-0.05, 0) is 49.9 Å². The Kier molecular flexibility index (Phi) is 8.16. The van der Waals surface area contributed by atoms with Crippen LogP contribution in [0.4, 0.5) is 0 Å². The van der Waals surface area contributed by atoms with E-state index in [1.807, 2.05) is 20.8 Å². The van der Waals surface area contributed by atoms with Gasteiger partial charge in [0.15, 0.2) is 5.78 Å². The van der Waals surface area contributed by atoms with Crippen LogP contribution >= 0.6 is 0 Å². The standard InChI is InChI=1S/C19H26O5/c1-5-17(13(2)3)24-19(22)8-6-7-18(21)23-16-11-9-15(10-12-16)14(4)20/h9-13,17H,5-8H2,1-4H3. The summed E-state index contributed by atoms with van der Waals surface area (Å²) >= 11 is 0. The fourth-order valence-corrected chi connectivity index (χ4v) is 2.24. The number of carbonyl (C=O) groups excluding carboxylic acids is 3. The SMILES string of the molecule is CCC(OC(=O)CCCC(=O)Oc1ccc(C(C)=O)cc1)C(C)C. The van der Waals surface area contributed by atoms with Crippen LogP contribution < -0.4 is 4.74 Å². The van der Waals surface area contributed by atoms with Gasteiger partial charge in [-0.25, -0.2) is 0 Å². The molecule has 1 aromatic rings. The van der Waals surface area contributed by atoms with Crippen LogP contribution in [0.5, 0.6) is 5.75 Å². The van der Waals surface area contributed by atoms with Crippen LogP contribution in [0.1, 0.15) is 63.7 Å². The van der Waals surface area contributed by atoms with Crippen molar-refractivity contribution in [2.24, 2.45) is 5.92 Å². The van der Waals surface area contributed by atoms with E-state index >= 15 is 0 Å². The van der Waals surface area contributed by atoms with E-state index in [0.29, 0.717) is 17.7 Å². The summed E-state index contributed by atoms with van der Waals surface area (Å²) in [4.78, 5) is 34.7. The van der Waals surface area contributed by atoms with Crippen molar-refractivity contribution in [2.75, 3.05) is 0 Å². The van der Waals surface area contributed by atoms with Crippen molar-refractivity contribution in [1.82, 2.24) is 0 Å². The molecule has 0 aliphatic rings. The second-order valence-corrected chi connectivity index (χ2v) is 6.09. The highest BCUT2D eigenvalue weighted by Gasteiger charge is 2.16. The highest BCUT2D eigenvalue weighted by molar-refractivity contribution is 5.94. The van der Waals surface area contributed by atoms with Gasteiger partial charge in [-0.15, -0.1) is 0 Å². The van der Waals surface area contributed by atoms with Crippen LogP contribution in [0.25, 0.3) is 0 Å². The Morgan fingerprint density at radius 2 is 1.58 bits per heavy atom. The van der Waals surface area contributed by atoms with E-state index in [9.17, 15) is 14.4 Å². The minimum atomic E-state index is -0.408. The second kappa shape index (κ2) is 9.85. The van der Waals surface area contributed by atoms with Crippen molar-refractivity contribution in [3.8, 4) is 5.75 Å². The molecular formula is C19H26O5. The van der Waals surface area contributed by atoms with Crippen molar-refractivity contribution in [3.05, 3.63) is 29.8 Å². The number of ketones is 1. The number of carbonyl (C=O) groups is 3. The van der Waals surface area contributed by atoms with E-state index in [1.165, 1.54) is 6.92 Å². The van der Waals surface area contributed by atoms with Crippen LogP contribution in [0.15, 0.2) is 24.3 Å². The molecule has 0 bridgehead atoms. The molecule has 1 atom stereocenters. The summed E-state index contributed by atoms with van der Waals surface area (Å²) in [5.41, 5.74) is 0.563. The van der Waals surface area contributed by atoms with Crippen LogP contribution in [0, 0.1) is 5.92 Å². The molecule has 0 aliphatic heterocycles. The number of hydrogen-bond acceptors (Lipinski definition) is 5. The lowest BCUT2D eigenvalue weighted by Crippen LogP contribution is -2.22. The maximum Gasteiger partial charge on any atom is 0.311 e. The molecule has 132 valence electrons. The van der Waals surface area contributed by atoms with Crippen molar-refractivity contribution in [1.29, 1.82) is 0 Å². The molecule has 0 heterocycles. The molecule has 1 rings (SSSR count). The van der Waals surface area contributed by atoms with Gasteiger partial charge in [0, 0.05) is 18.4 Å². The molecule has 0 amide bonds. The topological polar surface area (TPSA) is 69.7 Å². The summed E-state index contributed by atoms with van der Waals surface area (Å²) in [6.45, 7) is 7.47. The normalized spacial score (nSPS) is 11.9. The maximum absolute atomic E-state index is 11.8. The lowest BCUT2D eigenvalue weighted by molar-refractivity contribution is -0.151. The molecule has 0 N–H and O–H groups in total. The summed E-state index contributed by atoms with van der Waals surface area (Å²) in [7, 11) is 0. The molecule has 0 radical (unpaired) electrons. The van der Waals surface area contributed by atoms with Crippen LogP contribution in [-0.4, -0.2) is 23.8 Å². The van der Waals surface area contributed by atoms with E-state index < -0.39 is 5.97 Å². The van der Waals surface area contributed by atoms with Crippen LogP contribution in [0.3, 0.4) is 0 Å². The maximum atomic E-state index is 11.8. The molecule has 0 saturated heterocycles. The zero-order valence-electron chi connectivity index (χ0n) is 14.8. The third-order valence-corrected chi connectivity index (χ3v) is 3.68. The van der Waals surface area contributed by atoms with Gasteiger partial charge in [0.25, 0.3) is 0 Å². The Morgan fingerprint density at radius 3 is 2.08 bits per heavy atom. The van der Waals surface area contributed by atoms with Crippen LogP contribution in [0.2, 0.25) is 0 Å². The average Bonchev–Trinajstić information content (AvgIpc) is 2.52. The molecule has 0 aliphatic carbocycles. The van der Waals surface area contributed by atoms with E-state index in [-0.39, 0.29) is 36.6 Å². The molecular weight excluding hydrogens is 308 g/mol. The fraction of sp³-hybridized carbons (Fsp3) is 0.526. The van der Waals surface area contributed by atoms with Crippen LogP contribution in [-0.2, 0) is 14.3 Å². The molecule has 0 aromatic heterocycles. The monoisotopic (exact) mass is 334 g/mol. The number of esters is 2. The van der Waals surface area contributed by atoms with Crippen molar-refractivity contribution in [3.63, 3.8) is 0 Å². The Balaban J connectivity index is 2.33. The largest absolute Gasteiger partial charge is 0.462 e. The summed E-state index contributed by atoms with van der Waals surface area (Å²) in [5, 5.41) is 0. The van der Waals surface area contributed by atoms with Gasteiger partial charge in [-0.1, -0.05) is 20.8 Å². The molecule has 0 saturated carbocycles. The van der Waals surface area contributed by atoms with Crippen molar-refractivity contribution in [2.45, 2.75) is 59.5 Å². The number of Topliss-reactive ketones (excluding diaryl/α,β-unsaturated/α-hetero) is 1. The van der Waals surface area contributed by atoms with Gasteiger partial charge >= 0.3 is 11.9 Å². The Labute approximate surface area is 143 Å². The predicted molar refractivity (Wildman–Crippen MR) is 90.9 cm³/mol. The summed E-state index contributed by atoms with van der Waals surface area (Å²) < 4.78 is 10.5. The summed E-state index contributed by atoms with van der Waals surface area (Å²) in [5.74, 6) is -0.0677. The minimum Gasteiger partial charge on any atom is -0.462 e. The van der Waals surface area contributed by atoms with E-state index in [4.69, 9.17) is 9.47 Å². The molecule has 1 aromatic carbocycles. The average molecular weight is 334 g/mol. The number of hydrogen-bond donors (Lipinski definition) is 0. The minimum absolute atomic E-state index is 0.0434. The smallest absolute Gasteiger partial charge is 0.311 e. The first-order valence-electron chi connectivity index (χ1n) is 8.34. The number of rotatable bonds is 9. The van der Waals surface area contributed by atoms with Gasteiger partial charge in [-0.2, -0.15) is 0 Å². The lowest BCUT2D eigenvalue weighted by Gasteiger charge is -2.19. The Hall–Kier alpha value is -2.17. The van der Waals surface area contributed by atoms with Gasteiger partial charge in [0.2, 0.25) is 0 Å². The Morgan fingerprint density at radius 1 is 1.00 bits per heavy atom. The number of ether oxygens (including phenoxy) is 2. The highest BCUT2D eigenvalue weighted by Crippen LogP contribution is 2.15. The molecule has 24 heavy (non-hydrogen) atoms. The summed E-state index contributed by atoms with van der Waals surface area (Å²) in [6, 6.07) is 6.38. The van der Waals surface area contributed by atoms with E-state index in [1.54, 1.807) is 24.3 Å². The fourth-order valence-electron chi connectivity index (χ4n) is 2.24. The van der Waals surface area contributed by atoms with Crippen molar-refractivity contribution < 1.29 is 23.9 Å². The Bertz CT molecular complexity index is 560. The van der Waals surface area contributed by atoms with Gasteiger partial charge in [0.05, 0.1) is 0 Å². The lowest BCUT2D eigenvalue weighted by atomic mass is 10.1. The third kappa shape index (κ3) is 6.94. The predicted octanol–water partition coefficient (Wildman–Crippen LogP) is 3.94. The zero-order valence-corrected chi connectivity index (χ0v) is 14.8. The first-order chi connectivity index (χ1) is 11.3. The summed E-state index contributed by atoms with van der Waals surface area (Å²) in [6.07, 6.45) is 1.42. The molecule has 5 heteroatoms. The van der Waals surface area contributed by atoms with Gasteiger partial charge in [-0.3, -0.25) is 14.4 Å². The third-order valence-electron chi connectivity index (χ3n) is 3.68. The van der Waals surface area contributed by atoms with Crippen molar-refractivity contribution >= 4 is 17.7 Å². The first-order valence-corrected chi connectivity index (χ1v) is 8.34. The first kappa shape index (κ1) is 19.9. The quantitative estimate of drug-likeness (QED) is 0.388. The molecule has 0 fully saturated rings.